The Morgan fingerprint density at radius 3 is 1.97 bits per heavy atom. The van der Waals surface area contributed by atoms with Gasteiger partial charge in [0.25, 0.3) is 0 Å². The van der Waals surface area contributed by atoms with Crippen LogP contribution in [0.3, 0.4) is 0 Å². The van der Waals surface area contributed by atoms with Crippen molar-refractivity contribution in [2.24, 2.45) is 5.73 Å². The second kappa shape index (κ2) is 20.0. The first-order chi connectivity index (χ1) is 15.6. The van der Waals surface area contributed by atoms with E-state index in [1.807, 2.05) is 31.2 Å². The molecular formula is C25H43NO6. The number of benzene rings is 1. The predicted octanol–water partition coefficient (Wildman–Crippen LogP) is 4.43. The van der Waals surface area contributed by atoms with Crippen LogP contribution >= 0.6 is 0 Å². The maximum Gasteiger partial charge on any atom is 0.305 e. The van der Waals surface area contributed by atoms with Gasteiger partial charge in [-0.3, -0.25) is 4.79 Å². The fraction of sp³-hybridized carbons (Fsp3) is 0.720. The molecular weight excluding hydrogens is 410 g/mol. The molecule has 0 aliphatic heterocycles. The third-order valence-corrected chi connectivity index (χ3v) is 4.98. The smallest absolute Gasteiger partial charge is 0.305 e. The largest absolute Gasteiger partial charge is 0.494 e. The molecule has 0 fully saturated rings. The Balaban J connectivity index is 1.77. The summed E-state index contributed by atoms with van der Waals surface area (Å²) in [5, 5.41) is 0. The molecule has 0 aliphatic carbocycles. The van der Waals surface area contributed by atoms with Gasteiger partial charge in [-0.05, 0) is 56.7 Å². The summed E-state index contributed by atoms with van der Waals surface area (Å²) in [5.41, 5.74) is 7.00. The number of hydrogen-bond donors (Lipinski definition) is 1. The van der Waals surface area contributed by atoms with Gasteiger partial charge in [-0.15, -0.1) is 0 Å². The highest BCUT2D eigenvalue weighted by molar-refractivity contribution is 5.68. The fourth-order valence-electron chi connectivity index (χ4n) is 3.03. The molecule has 0 unspecified atom stereocenters. The minimum Gasteiger partial charge on any atom is -0.494 e. The van der Waals surface area contributed by atoms with Gasteiger partial charge in [0, 0.05) is 25.7 Å². The van der Waals surface area contributed by atoms with E-state index in [2.05, 4.69) is 4.74 Å². The van der Waals surface area contributed by atoms with Gasteiger partial charge in [-0.1, -0.05) is 25.0 Å². The van der Waals surface area contributed by atoms with Crippen molar-refractivity contribution in [1.29, 1.82) is 0 Å². The third-order valence-electron chi connectivity index (χ3n) is 4.98. The zero-order valence-corrected chi connectivity index (χ0v) is 20.0. The monoisotopic (exact) mass is 453 g/mol. The Morgan fingerprint density at radius 1 is 0.812 bits per heavy atom. The zero-order valence-electron chi connectivity index (χ0n) is 20.0. The molecule has 2 N–H and O–H groups in total. The molecule has 7 nitrogen and oxygen atoms in total. The van der Waals surface area contributed by atoms with Crippen LogP contribution in [0.2, 0.25) is 0 Å². The number of esters is 1. The van der Waals surface area contributed by atoms with Gasteiger partial charge >= 0.3 is 5.97 Å². The molecule has 1 atom stereocenters. The Labute approximate surface area is 193 Å². The summed E-state index contributed by atoms with van der Waals surface area (Å²) in [7, 11) is 1.42. The van der Waals surface area contributed by atoms with Gasteiger partial charge in [0.1, 0.15) is 5.75 Å². The van der Waals surface area contributed by atoms with E-state index in [1.165, 1.54) is 7.11 Å². The lowest BCUT2D eigenvalue weighted by Gasteiger charge is -2.10. The van der Waals surface area contributed by atoms with E-state index >= 15 is 0 Å². The summed E-state index contributed by atoms with van der Waals surface area (Å²) >= 11 is 0. The number of ether oxygens (including phenoxy) is 5. The van der Waals surface area contributed by atoms with Crippen molar-refractivity contribution in [2.75, 3.05) is 53.4 Å². The lowest BCUT2D eigenvalue weighted by atomic mass is 10.1. The molecule has 0 bridgehead atoms. The van der Waals surface area contributed by atoms with E-state index in [4.69, 9.17) is 24.7 Å². The average Bonchev–Trinajstić information content (AvgIpc) is 2.80. The number of rotatable bonds is 21. The van der Waals surface area contributed by atoms with E-state index in [0.717, 1.165) is 69.5 Å². The number of carbonyl (C=O) groups is 1. The van der Waals surface area contributed by atoms with Gasteiger partial charge in [-0.25, -0.2) is 0 Å². The van der Waals surface area contributed by atoms with Gasteiger partial charge < -0.3 is 29.4 Å². The molecule has 0 aromatic heterocycles. The summed E-state index contributed by atoms with van der Waals surface area (Å²) < 4.78 is 27.0. The summed E-state index contributed by atoms with van der Waals surface area (Å²) in [6.45, 7) is 6.56. The van der Waals surface area contributed by atoms with E-state index in [-0.39, 0.29) is 12.0 Å². The Morgan fingerprint density at radius 2 is 1.38 bits per heavy atom. The zero-order chi connectivity index (χ0) is 23.3. The molecule has 7 heteroatoms. The van der Waals surface area contributed by atoms with Gasteiger partial charge in [-0.2, -0.15) is 0 Å². The predicted molar refractivity (Wildman–Crippen MR) is 126 cm³/mol. The third kappa shape index (κ3) is 16.0. The Bertz CT molecular complexity index is 581. The molecule has 0 saturated carbocycles. The minimum atomic E-state index is -0.147. The van der Waals surface area contributed by atoms with Crippen LogP contribution in [0.4, 0.5) is 0 Å². The van der Waals surface area contributed by atoms with Crippen LogP contribution in [-0.2, 0) is 23.7 Å². The topological polar surface area (TPSA) is 89.2 Å². The number of unbranched alkanes of at least 4 members (excludes halogenated alkanes) is 5. The normalized spacial score (nSPS) is 12.0. The number of nitrogens with two attached hydrogens (primary N) is 1. The van der Waals surface area contributed by atoms with Crippen molar-refractivity contribution < 1.29 is 28.5 Å². The molecule has 0 radical (unpaired) electrons. The quantitative estimate of drug-likeness (QED) is 0.218. The maximum atomic E-state index is 11.0. The van der Waals surface area contributed by atoms with Crippen LogP contribution in [0.15, 0.2) is 24.3 Å². The van der Waals surface area contributed by atoms with E-state index in [1.54, 1.807) is 0 Å². The molecule has 184 valence electrons. The van der Waals surface area contributed by atoms with Crippen molar-refractivity contribution in [2.45, 2.75) is 64.3 Å². The highest BCUT2D eigenvalue weighted by Gasteiger charge is 2.01. The molecule has 0 saturated heterocycles. The van der Waals surface area contributed by atoms with Crippen LogP contribution < -0.4 is 10.5 Å². The summed E-state index contributed by atoms with van der Waals surface area (Å²) in [5.74, 6) is 0.746. The summed E-state index contributed by atoms with van der Waals surface area (Å²) in [6, 6.07) is 8.03. The molecule has 1 aromatic carbocycles. The van der Waals surface area contributed by atoms with E-state index in [0.29, 0.717) is 39.5 Å². The van der Waals surface area contributed by atoms with E-state index < -0.39 is 0 Å². The second-order valence-corrected chi connectivity index (χ2v) is 7.85. The summed E-state index contributed by atoms with van der Waals surface area (Å²) in [6.07, 6.45) is 7.62. The molecule has 0 aliphatic rings. The van der Waals surface area contributed by atoms with Crippen LogP contribution in [0.25, 0.3) is 0 Å². The number of methoxy groups -OCH3 is 1. The lowest BCUT2D eigenvalue weighted by molar-refractivity contribution is -0.140. The second-order valence-electron chi connectivity index (χ2n) is 7.85. The first-order valence-electron chi connectivity index (χ1n) is 11.9. The first-order valence-corrected chi connectivity index (χ1v) is 11.9. The van der Waals surface area contributed by atoms with E-state index in [9.17, 15) is 4.79 Å². The summed E-state index contributed by atoms with van der Waals surface area (Å²) in [4.78, 5) is 11.0. The molecule has 0 spiro atoms. The van der Waals surface area contributed by atoms with Crippen LogP contribution in [-0.4, -0.2) is 59.3 Å². The highest BCUT2D eigenvalue weighted by atomic mass is 16.5. The number of hydrogen-bond acceptors (Lipinski definition) is 7. The molecule has 0 amide bonds. The van der Waals surface area contributed by atoms with Crippen LogP contribution in [0, 0.1) is 0 Å². The standard InChI is InChI=1S/C25H43NO6/c1-22(26)23-11-10-12-24(21-23)32-16-9-4-3-7-14-29-17-19-31-20-18-30-15-8-5-6-13-25(27)28-2/h10-12,21-22H,3-9,13-20,26H2,1-2H3/t22-/m1/s1. The lowest BCUT2D eigenvalue weighted by Crippen LogP contribution is -2.10. The van der Waals surface area contributed by atoms with Crippen molar-refractivity contribution >= 4 is 5.97 Å². The van der Waals surface area contributed by atoms with Gasteiger partial charge in [0.2, 0.25) is 0 Å². The van der Waals surface area contributed by atoms with Crippen LogP contribution in [0.5, 0.6) is 5.75 Å². The SMILES string of the molecule is COC(=O)CCCCCOCCOCCOCCCCCCOc1cccc([C@@H](C)N)c1. The fourth-order valence-corrected chi connectivity index (χ4v) is 3.03. The van der Waals surface area contributed by atoms with Gasteiger partial charge in [0.05, 0.1) is 40.1 Å². The molecule has 1 rings (SSSR count). The van der Waals surface area contributed by atoms with Crippen molar-refractivity contribution in [3.05, 3.63) is 29.8 Å². The van der Waals surface area contributed by atoms with Crippen molar-refractivity contribution in [3.63, 3.8) is 0 Å². The van der Waals surface area contributed by atoms with Crippen molar-refractivity contribution in [1.82, 2.24) is 0 Å². The highest BCUT2D eigenvalue weighted by Crippen LogP contribution is 2.18. The Hall–Kier alpha value is -1.67. The molecule has 1 aromatic rings. The molecule has 32 heavy (non-hydrogen) atoms. The maximum absolute atomic E-state index is 11.0. The average molecular weight is 454 g/mol. The Kier molecular flexibility index (Phi) is 17.7. The van der Waals surface area contributed by atoms with Gasteiger partial charge in [0.15, 0.2) is 0 Å². The van der Waals surface area contributed by atoms with Crippen molar-refractivity contribution in [3.8, 4) is 5.75 Å². The van der Waals surface area contributed by atoms with Crippen LogP contribution in [0.1, 0.15) is 69.9 Å². The molecule has 0 heterocycles. The minimum absolute atomic E-state index is 0.0265. The number of carbonyl (C=O) groups excluding carboxylic acids is 1. The first kappa shape index (κ1) is 28.4.